The van der Waals surface area contributed by atoms with E-state index in [0.717, 1.165) is 49.2 Å². The molecule has 1 fully saturated rings. The zero-order chi connectivity index (χ0) is 22.2. The van der Waals surface area contributed by atoms with Crippen LogP contribution in [0.5, 0.6) is 0 Å². The molecule has 0 aromatic heterocycles. The first-order valence-corrected chi connectivity index (χ1v) is 11.2. The molecule has 164 valence electrons. The average Bonchev–Trinajstić information content (AvgIpc) is 2.82. The van der Waals surface area contributed by atoms with Gasteiger partial charge in [0.15, 0.2) is 0 Å². The molecule has 2 N–H and O–H groups in total. The molecule has 0 unspecified atom stereocenters. The van der Waals surface area contributed by atoms with Gasteiger partial charge in [-0.1, -0.05) is 66.7 Å². The molecule has 3 aromatic rings. The fourth-order valence-electron chi connectivity index (χ4n) is 4.14. The Hall–Kier alpha value is -3.44. The number of para-hydroxylation sites is 1. The molecular formula is C27H29N3O2. The number of nitrogens with zero attached hydrogens (tertiary/aromatic N) is 1. The molecule has 5 nitrogen and oxygen atoms in total. The normalized spacial score (nSPS) is 14.6. The Morgan fingerprint density at radius 2 is 1.44 bits per heavy atom. The average molecular weight is 428 g/mol. The number of hydrogen-bond donors (Lipinski definition) is 2. The predicted molar refractivity (Wildman–Crippen MR) is 128 cm³/mol. The van der Waals surface area contributed by atoms with Crippen LogP contribution < -0.4 is 10.6 Å². The second kappa shape index (κ2) is 10.7. The molecule has 4 rings (SSSR count). The van der Waals surface area contributed by atoms with Gasteiger partial charge in [-0.05, 0) is 48.6 Å². The van der Waals surface area contributed by atoms with Crippen molar-refractivity contribution in [3.8, 4) is 0 Å². The predicted octanol–water partition coefficient (Wildman–Crippen LogP) is 4.11. The molecule has 5 heteroatoms. The van der Waals surface area contributed by atoms with E-state index in [-0.39, 0.29) is 17.9 Å². The van der Waals surface area contributed by atoms with Crippen LogP contribution in [0.15, 0.2) is 84.9 Å². The van der Waals surface area contributed by atoms with Crippen molar-refractivity contribution in [3.05, 3.63) is 102 Å². The maximum absolute atomic E-state index is 13.0. The summed E-state index contributed by atoms with van der Waals surface area (Å²) in [6.45, 7) is 1.95. The molecule has 0 atom stereocenters. The van der Waals surface area contributed by atoms with Crippen LogP contribution in [0, 0.1) is 0 Å². The number of nitrogens with one attached hydrogen (secondary N) is 2. The number of piperidine rings is 1. The van der Waals surface area contributed by atoms with Crippen LogP contribution in [0.25, 0.3) is 0 Å². The minimum atomic E-state index is -0.0169. The molecule has 0 spiro atoms. The maximum atomic E-state index is 13.0. The molecule has 0 aliphatic carbocycles. The van der Waals surface area contributed by atoms with Gasteiger partial charge in [-0.3, -0.25) is 14.5 Å². The lowest BCUT2D eigenvalue weighted by atomic mass is 9.98. The molecule has 2 amide bonds. The molecule has 1 heterocycles. The Kier molecular flexibility index (Phi) is 7.31. The highest BCUT2D eigenvalue weighted by atomic mass is 16.2. The number of likely N-dealkylation sites (tertiary alicyclic amines) is 1. The van der Waals surface area contributed by atoms with Crippen molar-refractivity contribution in [2.24, 2.45) is 0 Å². The van der Waals surface area contributed by atoms with Gasteiger partial charge in [0.1, 0.15) is 0 Å². The van der Waals surface area contributed by atoms with Crippen molar-refractivity contribution in [3.63, 3.8) is 0 Å². The lowest BCUT2D eigenvalue weighted by Crippen LogP contribution is -2.46. The monoisotopic (exact) mass is 427 g/mol. The van der Waals surface area contributed by atoms with Crippen LogP contribution >= 0.6 is 0 Å². The molecule has 3 aromatic carbocycles. The van der Waals surface area contributed by atoms with E-state index in [0.29, 0.717) is 6.54 Å². The summed E-state index contributed by atoms with van der Waals surface area (Å²) < 4.78 is 0. The van der Waals surface area contributed by atoms with E-state index in [2.05, 4.69) is 27.7 Å². The van der Waals surface area contributed by atoms with Crippen molar-refractivity contribution in [2.45, 2.75) is 25.3 Å². The minimum Gasteiger partial charge on any atom is -0.349 e. The number of hydrogen-bond acceptors (Lipinski definition) is 3. The van der Waals surface area contributed by atoms with Crippen LogP contribution in [0.4, 0.5) is 5.69 Å². The fraction of sp³-hybridized carbons (Fsp3) is 0.259. The number of carbonyl (C=O) groups excluding carboxylic acids is 2. The van der Waals surface area contributed by atoms with Gasteiger partial charge in [0.25, 0.3) is 5.91 Å². The summed E-state index contributed by atoms with van der Waals surface area (Å²) in [4.78, 5) is 27.4. The molecule has 1 saturated heterocycles. The van der Waals surface area contributed by atoms with Gasteiger partial charge in [0.2, 0.25) is 5.91 Å². The molecule has 0 saturated carbocycles. The largest absolute Gasteiger partial charge is 0.349 e. The van der Waals surface area contributed by atoms with Crippen LogP contribution in [0.3, 0.4) is 0 Å². The number of carbonyl (C=O) groups is 2. The summed E-state index contributed by atoms with van der Waals surface area (Å²) in [7, 11) is 0. The van der Waals surface area contributed by atoms with Gasteiger partial charge in [-0.25, -0.2) is 0 Å². The Balaban J connectivity index is 1.27. The second-order valence-electron chi connectivity index (χ2n) is 8.26. The zero-order valence-electron chi connectivity index (χ0n) is 18.2. The minimum absolute atomic E-state index is 0.00600. The first-order valence-electron chi connectivity index (χ1n) is 11.2. The zero-order valence-corrected chi connectivity index (χ0v) is 18.2. The summed E-state index contributed by atoms with van der Waals surface area (Å²) in [6.07, 6.45) is 2.41. The highest BCUT2D eigenvalue weighted by molar-refractivity contribution is 5.96. The Morgan fingerprint density at radius 3 is 2.16 bits per heavy atom. The van der Waals surface area contributed by atoms with Gasteiger partial charge in [0, 0.05) is 30.4 Å². The Morgan fingerprint density at radius 1 is 0.812 bits per heavy atom. The molecule has 0 radical (unpaired) electrons. The van der Waals surface area contributed by atoms with Gasteiger partial charge in [-0.2, -0.15) is 0 Å². The fourth-order valence-corrected chi connectivity index (χ4v) is 4.14. The third kappa shape index (κ3) is 6.05. The second-order valence-corrected chi connectivity index (χ2v) is 8.26. The van der Waals surface area contributed by atoms with E-state index in [1.54, 1.807) is 0 Å². The highest BCUT2D eigenvalue weighted by Crippen LogP contribution is 2.17. The molecule has 32 heavy (non-hydrogen) atoms. The van der Waals surface area contributed by atoms with Gasteiger partial charge in [-0.15, -0.1) is 0 Å². The molecule has 0 bridgehead atoms. The lowest BCUT2D eigenvalue weighted by Gasteiger charge is -2.32. The van der Waals surface area contributed by atoms with E-state index < -0.39 is 0 Å². The number of anilines is 1. The summed E-state index contributed by atoms with van der Waals surface area (Å²) >= 11 is 0. The van der Waals surface area contributed by atoms with Crippen molar-refractivity contribution in [1.82, 2.24) is 10.2 Å². The number of amides is 2. The Bertz CT molecular complexity index is 1030. The topological polar surface area (TPSA) is 61.4 Å². The summed E-state index contributed by atoms with van der Waals surface area (Å²) in [6, 6.07) is 27.6. The molecule has 1 aliphatic rings. The highest BCUT2D eigenvalue weighted by Gasteiger charge is 2.23. The Labute approximate surface area is 189 Å². The van der Waals surface area contributed by atoms with Crippen molar-refractivity contribution in [1.29, 1.82) is 0 Å². The first kappa shape index (κ1) is 21.8. The van der Waals surface area contributed by atoms with E-state index in [4.69, 9.17) is 0 Å². The van der Waals surface area contributed by atoms with E-state index >= 15 is 0 Å². The number of benzene rings is 3. The molecule has 1 aliphatic heterocycles. The van der Waals surface area contributed by atoms with E-state index in [9.17, 15) is 9.59 Å². The number of rotatable bonds is 7. The van der Waals surface area contributed by atoms with Crippen LogP contribution in [-0.2, 0) is 11.2 Å². The van der Waals surface area contributed by atoms with Gasteiger partial charge in [0.05, 0.1) is 6.54 Å². The maximum Gasteiger partial charge on any atom is 0.251 e. The summed E-state index contributed by atoms with van der Waals surface area (Å²) in [5.74, 6) is -0.0228. The quantitative estimate of drug-likeness (QED) is 0.597. The molecular weight excluding hydrogens is 398 g/mol. The van der Waals surface area contributed by atoms with Crippen molar-refractivity contribution in [2.75, 3.05) is 25.0 Å². The third-order valence-electron chi connectivity index (χ3n) is 5.85. The van der Waals surface area contributed by atoms with Gasteiger partial charge >= 0.3 is 0 Å². The van der Waals surface area contributed by atoms with Crippen molar-refractivity contribution < 1.29 is 9.59 Å². The first-order chi connectivity index (χ1) is 15.7. The third-order valence-corrected chi connectivity index (χ3v) is 5.85. The standard InChI is InChI=1S/C27H29N3O2/c31-26(28-23-12-5-2-6-13-23)20-30-17-15-24(16-18-30)29-27(32)25-14-8-7-11-22(25)19-21-9-3-1-4-10-21/h1-14,24H,15-20H2,(H,28,31)(H,29,32). The lowest BCUT2D eigenvalue weighted by molar-refractivity contribution is -0.117. The summed E-state index contributed by atoms with van der Waals surface area (Å²) in [5.41, 5.74) is 3.77. The summed E-state index contributed by atoms with van der Waals surface area (Å²) in [5, 5.41) is 6.14. The van der Waals surface area contributed by atoms with E-state index in [1.807, 2.05) is 72.8 Å². The van der Waals surface area contributed by atoms with Gasteiger partial charge < -0.3 is 10.6 Å². The van der Waals surface area contributed by atoms with E-state index in [1.165, 1.54) is 5.56 Å². The van der Waals surface area contributed by atoms with Crippen LogP contribution in [0.2, 0.25) is 0 Å². The van der Waals surface area contributed by atoms with Crippen LogP contribution in [0.1, 0.15) is 34.3 Å². The van der Waals surface area contributed by atoms with Crippen molar-refractivity contribution >= 4 is 17.5 Å². The SMILES string of the molecule is O=C(CN1CCC(NC(=O)c2ccccc2Cc2ccccc2)CC1)Nc1ccccc1. The smallest absolute Gasteiger partial charge is 0.251 e. The van der Waals surface area contributed by atoms with Crippen LogP contribution in [-0.4, -0.2) is 42.4 Å².